The highest BCUT2D eigenvalue weighted by Crippen LogP contribution is 2.31. The van der Waals surface area contributed by atoms with Crippen LogP contribution in [0.1, 0.15) is 17.2 Å². The number of hydrazine groups is 1. The normalized spacial score (nSPS) is 12.2. The minimum Gasteiger partial charge on any atom is -0.496 e. The van der Waals surface area contributed by atoms with Crippen LogP contribution >= 0.6 is 23.2 Å². The van der Waals surface area contributed by atoms with E-state index >= 15 is 0 Å². The lowest BCUT2D eigenvalue weighted by Crippen LogP contribution is -2.30. The van der Waals surface area contributed by atoms with Gasteiger partial charge in [0.15, 0.2) is 0 Å². The molecule has 0 saturated carbocycles. The number of ether oxygens (including phenoxy) is 1. The third-order valence-electron chi connectivity index (χ3n) is 3.21. The molecule has 0 fully saturated rings. The fraction of sp³-hybridized carbons (Fsp3) is 0.200. The predicted octanol–water partition coefficient (Wildman–Crippen LogP) is 3.89. The van der Waals surface area contributed by atoms with Gasteiger partial charge >= 0.3 is 0 Å². The Balaban J connectivity index is 2.34. The van der Waals surface area contributed by atoms with Gasteiger partial charge in [0.05, 0.1) is 13.2 Å². The molecule has 1 unspecified atom stereocenters. The molecule has 0 radical (unpaired) electrons. The van der Waals surface area contributed by atoms with E-state index < -0.39 is 0 Å². The Bertz CT molecular complexity index is 637. The number of nitrogens with two attached hydrogens (primary N) is 1. The molecule has 0 amide bonds. The first-order valence-corrected chi connectivity index (χ1v) is 7.04. The summed E-state index contributed by atoms with van der Waals surface area (Å²) in [6.45, 7) is 0. The number of nitrogens with one attached hydrogen (secondary N) is 1. The van der Waals surface area contributed by atoms with E-state index in [1.807, 2.05) is 0 Å². The molecule has 2 aromatic carbocycles. The van der Waals surface area contributed by atoms with Gasteiger partial charge in [0, 0.05) is 15.6 Å². The summed E-state index contributed by atoms with van der Waals surface area (Å²) in [5.41, 5.74) is 4.31. The van der Waals surface area contributed by atoms with Crippen LogP contribution in [-0.2, 0) is 6.42 Å². The topological polar surface area (TPSA) is 47.3 Å². The largest absolute Gasteiger partial charge is 0.496 e. The summed E-state index contributed by atoms with van der Waals surface area (Å²) in [6.07, 6.45) is 0.478. The fourth-order valence-electron chi connectivity index (χ4n) is 2.14. The van der Waals surface area contributed by atoms with Crippen LogP contribution in [0.15, 0.2) is 36.4 Å². The Kier molecular flexibility index (Phi) is 5.42. The molecule has 3 nitrogen and oxygen atoms in total. The smallest absolute Gasteiger partial charge is 0.124 e. The molecule has 2 rings (SSSR count). The summed E-state index contributed by atoms with van der Waals surface area (Å²) in [4.78, 5) is 0. The molecule has 1 atom stereocenters. The molecule has 0 heterocycles. The Morgan fingerprint density at radius 1 is 1.24 bits per heavy atom. The van der Waals surface area contributed by atoms with E-state index in [1.54, 1.807) is 31.4 Å². The lowest BCUT2D eigenvalue weighted by atomic mass is 9.98. The molecule has 0 aliphatic rings. The van der Waals surface area contributed by atoms with Crippen LogP contribution in [0.25, 0.3) is 0 Å². The van der Waals surface area contributed by atoms with E-state index in [0.717, 1.165) is 11.1 Å². The summed E-state index contributed by atoms with van der Waals surface area (Å²) in [7, 11) is 1.57. The van der Waals surface area contributed by atoms with Crippen molar-refractivity contribution in [2.75, 3.05) is 7.11 Å². The summed E-state index contributed by atoms with van der Waals surface area (Å²) >= 11 is 12.1. The van der Waals surface area contributed by atoms with E-state index in [9.17, 15) is 4.39 Å². The molecular formula is C15H15Cl2FN2O. The lowest BCUT2D eigenvalue weighted by Gasteiger charge is -2.20. The first kappa shape index (κ1) is 16.0. The maximum Gasteiger partial charge on any atom is 0.124 e. The molecule has 6 heteroatoms. The van der Waals surface area contributed by atoms with Crippen molar-refractivity contribution in [1.29, 1.82) is 0 Å². The van der Waals surface area contributed by atoms with Crippen LogP contribution in [0.2, 0.25) is 10.0 Å². The van der Waals surface area contributed by atoms with E-state index in [0.29, 0.717) is 22.2 Å². The highest BCUT2D eigenvalue weighted by atomic mass is 35.5. The van der Waals surface area contributed by atoms with Gasteiger partial charge in [0.25, 0.3) is 0 Å². The van der Waals surface area contributed by atoms with Crippen LogP contribution in [0.4, 0.5) is 4.39 Å². The van der Waals surface area contributed by atoms with Crippen LogP contribution < -0.4 is 16.0 Å². The Morgan fingerprint density at radius 2 is 2.00 bits per heavy atom. The Labute approximate surface area is 132 Å². The van der Waals surface area contributed by atoms with Gasteiger partial charge in [-0.2, -0.15) is 0 Å². The van der Waals surface area contributed by atoms with E-state index in [2.05, 4.69) is 5.43 Å². The Hall–Kier alpha value is -1.33. The zero-order valence-electron chi connectivity index (χ0n) is 11.4. The monoisotopic (exact) mass is 328 g/mol. The third kappa shape index (κ3) is 3.86. The van der Waals surface area contributed by atoms with Gasteiger partial charge < -0.3 is 4.74 Å². The lowest BCUT2D eigenvalue weighted by molar-refractivity contribution is 0.399. The molecule has 0 aromatic heterocycles. The third-order valence-corrected chi connectivity index (χ3v) is 3.79. The first-order valence-electron chi connectivity index (χ1n) is 6.28. The van der Waals surface area contributed by atoms with Gasteiger partial charge in [0.1, 0.15) is 11.6 Å². The van der Waals surface area contributed by atoms with Crippen molar-refractivity contribution in [2.45, 2.75) is 12.5 Å². The van der Waals surface area contributed by atoms with Crippen molar-refractivity contribution in [3.8, 4) is 5.75 Å². The van der Waals surface area contributed by atoms with Gasteiger partial charge in [-0.3, -0.25) is 11.3 Å². The molecule has 21 heavy (non-hydrogen) atoms. The summed E-state index contributed by atoms with van der Waals surface area (Å²) in [5.74, 6) is 5.93. The van der Waals surface area contributed by atoms with Crippen LogP contribution in [0.5, 0.6) is 5.75 Å². The molecular weight excluding hydrogens is 314 g/mol. The number of rotatable bonds is 5. The second kappa shape index (κ2) is 7.09. The average Bonchev–Trinajstić information content (AvgIpc) is 2.46. The van der Waals surface area contributed by atoms with Crippen molar-refractivity contribution in [3.05, 3.63) is 63.4 Å². The van der Waals surface area contributed by atoms with Gasteiger partial charge in [-0.1, -0.05) is 29.3 Å². The summed E-state index contributed by atoms with van der Waals surface area (Å²) < 4.78 is 18.4. The minimum absolute atomic E-state index is 0.262. The predicted molar refractivity (Wildman–Crippen MR) is 83.2 cm³/mol. The molecule has 0 spiro atoms. The molecule has 2 aromatic rings. The van der Waals surface area contributed by atoms with E-state index in [-0.39, 0.29) is 11.9 Å². The van der Waals surface area contributed by atoms with E-state index in [4.69, 9.17) is 33.8 Å². The van der Waals surface area contributed by atoms with Gasteiger partial charge in [0.2, 0.25) is 0 Å². The van der Waals surface area contributed by atoms with Crippen molar-refractivity contribution in [3.63, 3.8) is 0 Å². The average molecular weight is 329 g/mol. The quantitative estimate of drug-likeness (QED) is 0.646. The number of halogens is 3. The van der Waals surface area contributed by atoms with Crippen molar-refractivity contribution in [2.24, 2.45) is 5.84 Å². The van der Waals surface area contributed by atoms with Crippen LogP contribution in [0.3, 0.4) is 0 Å². The SMILES string of the molecule is COc1ccc(Cl)cc1C(Cc1ccc(F)cc1Cl)NN. The molecule has 0 bridgehead atoms. The van der Waals surface area contributed by atoms with Crippen LogP contribution in [0, 0.1) is 5.82 Å². The second-order valence-electron chi connectivity index (χ2n) is 4.55. The van der Waals surface area contributed by atoms with Crippen LogP contribution in [-0.4, -0.2) is 7.11 Å². The summed E-state index contributed by atoms with van der Waals surface area (Å²) in [5, 5.41) is 0.937. The molecule has 0 aliphatic heterocycles. The van der Waals surface area contributed by atoms with Gasteiger partial charge in [-0.15, -0.1) is 0 Å². The highest BCUT2D eigenvalue weighted by Gasteiger charge is 2.17. The highest BCUT2D eigenvalue weighted by molar-refractivity contribution is 6.31. The van der Waals surface area contributed by atoms with Gasteiger partial charge in [-0.05, 0) is 42.3 Å². The molecule has 0 aliphatic carbocycles. The number of benzene rings is 2. The minimum atomic E-state index is -0.374. The van der Waals surface area contributed by atoms with Crippen molar-refractivity contribution < 1.29 is 9.13 Å². The van der Waals surface area contributed by atoms with E-state index in [1.165, 1.54) is 12.1 Å². The summed E-state index contributed by atoms with van der Waals surface area (Å²) in [6, 6.07) is 9.31. The van der Waals surface area contributed by atoms with Crippen molar-refractivity contribution in [1.82, 2.24) is 5.43 Å². The fourth-order valence-corrected chi connectivity index (χ4v) is 2.57. The zero-order chi connectivity index (χ0) is 15.4. The molecule has 112 valence electrons. The maximum atomic E-state index is 13.1. The van der Waals surface area contributed by atoms with Gasteiger partial charge in [-0.25, -0.2) is 4.39 Å². The molecule has 3 N–H and O–H groups in total. The number of hydrogen-bond acceptors (Lipinski definition) is 3. The first-order chi connectivity index (χ1) is 10.0. The maximum absolute atomic E-state index is 13.1. The van der Waals surface area contributed by atoms with Crippen molar-refractivity contribution >= 4 is 23.2 Å². The number of methoxy groups -OCH3 is 1. The Morgan fingerprint density at radius 3 is 2.62 bits per heavy atom. The number of hydrogen-bond donors (Lipinski definition) is 2. The standard InChI is InChI=1S/C15H15Cl2FN2O/c1-21-15-5-3-10(16)7-12(15)14(20-19)6-9-2-4-11(18)8-13(9)17/h2-5,7-8,14,20H,6,19H2,1H3. The molecule has 0 saturated heterocycles. The zero-order valence-corrected chi connectivity index (χ0v) is 12.9. The second-order valence-corrected chi connectivity index (χ2v) is 5.39.